The van der Waals surface area contributed by atoms with Crippen molar-refractivity contribution in [3.8, 4) is 11.4 Å². The summed E-state index contributed by atoms with van der Waals surface area (Å²) >= 11 is 0. The predicted octanol–water partition coefficient (Wildman–Crippen LogP) is 4.42. The first kappa shape index (κ1) is 24.3. The first-order valence-corrected chi connectivity index (χ1v) is 11.5. The number of pyridine rings is 1. The van der Waals surface area contributed by atoms with E-state index in [9.17, 15) is 30.8 Å². The number of sulfonamides is 1. The zero-order valence-electron chi connectivity index (χ0n) is 18.0. The second kappa shape index (κ2) is 9.06. The Kier molecular flexibility index (Phi) is 6.28. The minimum Gasteiger partial charge on any atom is -0.495 e. The van der Waals surface area contributed by atoms with Gasteiger partial charge in [-0.1, -0.05) is 5.16 Å². The highest BCUT2D eigenvalue weighted by molar-refractivity contribution is 7.92. The lowest BCUT2D eigenvalue weighted by atomic mass is 10.1. The van der Waals surface area contributed by atoms with Crippen LogP contribution in [-0.2, 0) is 16.4 Å². The van der Waals surface area contributed by atoms with E-state index >= 15 is 0 Å². The van der Waals surface area contributed by atoms with E-state index in [1.165, 1.54) is 43.7 Å². The summed E-state index contributed by atoms with van der Waals surface area (Å²) in [5.41, 5.74) is -0.635. The van der Waals surface area contributed by atoms with Crippen LogP contribution in [0.25, 0.3) is 16.6 Å². The van der Waals surface area contributed by atoms with Crippen molar-refractivity contribution in [2.24, 2.45) is 0 Å². The molecule has 0 fully saturated rings. The maximum atomic E-state index is 14.7. The lowest BCUT2D eigenvalue weighted by molar-refractivity contribution is -0.134. The largest absolute Gasteiger partial charge is 0.495 e. The number of aryl methyl sites for hydroxylation is 1. The second-order valence-corrected chi connectivity index (χ2v) is 9.13. The van der Waals surface area contributed by atoms with Gasteiger partial charge in [0.25, 0.3) is 15.6 Å². The van der Waals surface area contributed by atoms with Gasteiger partial charge in [-0.3, -0.25) is 14.1 Å². The SMILES string of the molecule is COc1cc(CCC(F)(F)F)c(F)cc1-n1c(=O)ccc2cc(S(=O)(=O)Nc3ccon3)ccc21. The fraction of sp³-hybridized carbons (Fsp3) is 0.182. The van der Waals surface area contributed by atoms with Crippen molar-refractivity contribution < 1.29 is 35.2 Å². The van der Waals surface area contributed by atoms with Gasteiger partial charge in [-0.15, -0.1) is 0 Å². The molecule has 4 aromatic rings. The Morgan fingerprint density at radius 3 is 2.54 bits per heavy atom. The summed E-state index contributed by atoms with van der Waals surface area (Å²) in [6.07, 6.45) is -5.10. The van der Waals surface area contributed by atoms with Gasteiger partial charge in [-0.05, 0) is 42.3 Å². The van der Waals surface area contributed by atoms with E-state index in [-0.39, 0.29) is 33.2 Å². The second-order valence-electron chi connectivity index (χ2n) is 7.45. The van der Waals surface area contributed by atoms with Crippen molar-refractivity contribution in [3.63, 3.8) is 0 Å². The molecule has 0 amide bonds. The van der Waals surface area contributed by atoms with Crippen molar-refractivity contribution in [2.75, 3.05) is 11.8 Å². The molecule has 8 nitrogen and oxygen atoms in total. The molecule has 2 aromatic heterocycles. The Hall–Kier alpha value is -3.87. The van der Waals surface area contributed by atoms with Gasteiger partial charge in [0.15, 0.2) is 5.82 Å². The van der Waals surface area contributed by atoms with Crippen LogP contribution in [0.1, 0.15) is 12.0 Å². The third-order valence-corrected chi connectivity index (χ3v) is 6.47. The monoisotopic (exact) mass is 511 g/mol. The number of halogens is 4. The number of ether oxygens (including phenoxy) is 1. The fourth-order valence-electron chi connectivity index (χ4n) is 3.49. The first-order chi connectivity index (χ1) is 16.5. The molecule has 0 saturated heterocycles. The molecule has 2 aromatic carbocycles. The van der Waals surface area contributed by atoms with Gasteiger partial charge in [0.1, 0.15) is 17.8 Å². The number of aromatic nitrogens is 2. The summed E-state index contributed by atoms with van der Waals surface area (Å²) < 4.78 is 91.0. The molecule has 0 bridgehead atoms. The number of alkyl halides is 3. The van der Waals surface area contributed by atoms with Crippen LogP contribution in [0.4, 0.5) is 23.4 Å². The van der Waals surface area contributed by atoms with Gasteiger partial charge < -0.3 is 9.26 Å². The molecule has 0 aliphatic rings. The first-order valence-electron chi connectivity index (χ1n) is 10.0. The molecule has 0 saturated carbocycles. The average molecular weight is 511 g/mol. The molecule has 2 heterocycles. The maximum Gasteiger partial charge on any atom is 0.389 e. The maximum absolute atomic E-state index is 14.7. The van der Waals surface area contributed by atoms with Crippen molar-refractivity contribution in [3.05, 3.63) is 76.5 Å². The Labute approximate surface area is 195 Å². The van der Waals surface area contributed by atoms with Crippen molar-refractivity contribution in [1.29, 1.82) is 0 Å². The van der Waals surface area contributed by atoms with Gasteiger partial charge in [0, 0.05) is 30.0 Å². The predicted molar refractivity (Wildman–Crippen MR) is 118 cm³/mol. The van der Waals surface area contributed by atoms with Gasteiger partial charge in [0.2, 0.25) is 0 Å². The minimum atomic E-state index is -4.47. The molecule has 0 aliphatic carbocycles. The van der Waals surface area contributed by atoms with E-state index in [0.717, 1.165) is 22.8 Å². The van der Waals surface area contributed by atoms with Crippen molar-refractivity contribution in [2.45, 2.75) is 23.9 Å². The normalized spacial score (nSPS) is 12.1. The van der Waals surface area contributed by atoms with Crippen LogP contribution < -0.4 is 15.0 Å². The van der Waals surface area contributed by atoms with Crippen LogP contribution in [-0.4, -0.2) is 31.4 Å². The Bertz CT molecular complexity index is 1550. The molecule has 13 heteroatoms. The van der Waals surface area contributed by atoms with Gasteiger partial charge in [-0.25, -0.2) is 12.8 Å². The van der Waals surface area contributed by atoms with Crippen LogP contribution in [0, 0.1) is 5.82 Å². The van der Waals surface area contributed by atoms with E-state index in [0.29, 0.717) is 5.39 Å². The average Bonchev–Trinajstić information content (AvgIpc) is 3.29. The highest BCUT2D eigenvalue weighted by Gasteiger charge is 2.28. The van der Waals surface area contributed by atoms with Crippen molar-refractivity contribution in [1.82, 2.24) is 9.72 Å². The summed E-state index contributed by atoms with van der Waals surface area (Å²) in [6, 6.07) is 9.78. The third-order valence-electron chi connectivity index (χ3n) is 5.12. The lowest BCUT2D eigenvalue weighted by Crippen LogP contribution is -2.19. The molecule has 4 rings (SSSR count). The molecule has 0 atom stereocenters. The number of hydrogen-bond donors (Lipinski definition) is 1. The van der Waals surface area contributed by atoms with E-state index < -0.39 is 40.4 Å². The van der Waals surface area contributed by atoms with Crippen LogP contribution in [0.3, 0.4) is 0 Å². The Morgan fingerprint density at radius 1 is 1.11 bits per heavy atom. The number of nitrogens with zero attached hydrogens (tertiary/aromatic N) is 2. The zero-order valence-corrected chi connectivity index (χ0v) is 18.8. The molecule has 184 valence electrons. The van der Waals surface area contributed by atoms with Crippen LogP contribution in [0.2, 0.25) is 0 Å². The molecular weight excluding hydrogens is 494 g/mol. The van der Waals surface area contributed by atoms with Crippen molar-refractivity contribution >= 4 is 26.7 Å². The highest BCUT2D eigenvalue weighted by atomic mass is 32.2. The van der Waals surface area contributed by atoms with Crippen LogP contribution in [0.5, 0.6) is 5.75 Å². The molecular formula is C22H17F4N3O5S. The van der Waals surface area contributed by atoms with Crippen LogP contribution >= 0.6 is 0 Å². The number of hydrogen-bond acceptors (Lipinski definition) is 6. The number of fused-ring (bicyclic) bond motifs is 1. The molecule has 0 spiro atoms. The van der Waals surface area contributed by atoms with E-state index in [4.69, 9.17) is 4.74 Å². The fourth-order valence-corrected chi connectivity index (χ4v) is 4.52. The zero-order chi connectivity index (χ0) is 25.4. The number of benzene rings is 2. The smallest absolute Gasteiger partial charge is 0.389 e. The van der Waals surface area contributed by atoms with Crippen LogP contribution in [0.15, 0.2) is 69.0 Å². The minimum absolute atomic E-state index is 0.0254. The van der Waals surface area contributed by atoms with E-state index in [1.807, 2.05) is 0 Å². The topological polar surface area (TPSA) is 103 Å². The summed E-state index contributed by atoms with van der Waals surface area (Å²) in [5, 5.41) is 3.81. The molecule has 0 unspecified atom stereocenters. The van der Waals surface area contributed by atoms with E-state index in [2.05, 4.69) is 14.4 Å². The summed E-state index contributed by atoms with van der Waals surface area (Å²) in [5.74, 6) is -0.992. The third kappa shape index (κ3) is 5.14. The standard InChI is InChI=1S/C22H17F4N3O5S/c1-33-19-11-13(6-8-22(24,25)26)16(23)12-18(19)29-17-4-3-15(10-14(17)2-5-21(29)30)35(31,32)28-20-7-9-34-27-20/h2-5,7,9-12H,6,8H2,1H3,(H,27,28). The summed E-state index contributed by atoms with van der Waals surface area (Å²) in [4.78, 5) is 12.6. The van der Waals surface area contributed by atoms with Gasteiger partial charge >= 0.3 is 6.18 Å². The summed E-state index contributed by atoms with van der Waals surface area (Å²) in [6.45, 7) is 0. The summed E-state index contributed by atoms with van der Waals surface area (Å²) in [7, 11) is -2.81. The highest BCUT2D eigenvalue weighted by Crippen LogP contribution is 2.31. The number of rotatable bonds is 7. The number of anilines is 1. The van der Waals surface area contributed by atoms with Gasteiger partial charge in [0.05, 0.1) is 23.2 Å². The molecule has 0 radical (unpaired) electrons. The molecule has 0 aliphatic heterocycles. The Balaban J connectivity index is 1.80. The van der Waals surface area contributed by atoms with E-state index in [1.54, 1.807) is 0 Å². The van der Waals surface area contributed by atoms with Gasteiger partial charge in [-0.2, -0.15) is 13.2 Å². The lowest BCUT2D eigenvalue weighted by Gasteiger charge is -2.16. The molecule has 1 N–H and O–H groups in total. The number of nitrogens with one attached hydrogen (secondary N) is 1. The Morgan fingerprint density at radius 2 is 1.89 bits per heavy atom. The number of methoxy groups -OCH3 is 1. The molecule has 35 heavy (non-hydrogen) atoms. The quantitative estimate of drug-likeness (QED) is 0.369.